The smallest absolute Gasteiger partial charge is 0.247 e. The van der Waals surface area contributed by atoms with Gasteiger partial charge in [-0.25, -0.2) is 22.0 Å². The van der Waals surface area contributed by atoms with Crippen LogP contribution in [0, 0.1) is 0 Å². The molecule has 9 heteroatoms. The largest absolute Gasteiger partial charge is 0.310 e. The Bertz CT molecular complexity index is 877. The average molecular weight is 329 g/mol. The van der Waals surface area contributed by atoms with Crippen LogP contribution < -0.4 is 10.5 Å². The molecule has 1 aliphatic heterocycles. The fourth-order valence-electron chi connectivity index (χ4n) is 1.81. The molecule has 3 N–H and O–H groups in total. The lowest BCUT2D eigenvalue weighted by Crippen LogP contribution is -2.33. The molecular weight excluding hydrogens is 308 g/mol. The van der Waals surface area contributed by atoms with Gasteiger partial charge in [0.2, 0.25) is 10.0 Å². The van der Waals surface area contributed by atoms with E-state index in [0.29, 0.717) is 6.54 Å². The standard InChI is InChI=1S/C10H16N2O4S3/c1-3-12-8-4-6(2)18(13,14)10-7(8)5-9(17-10)19(11,15)16/h5-6,8,12H,3-4H2,1-2H3,(H2,11,15,16)/t6-,8-/m0/s1/i2D3,5D,6D. The minimum Gasteiger partial charge on any atom is -0.310 e. The Kier molecular flexibility index (Phi) is 2.39. The Balaban J connectivity index is 2.87. The van der Waals surface area contributed by atoms with E-state index in [1.807, 2.05) is 0 Å². The SMILES string of the molecule is [2H]c1c(S(N)(=O)=O)sc2c1[C@@H](NCC)C[C@]([2H])(C([2H])([2H])[2H])S2(=O)=O. The van der Waals surface area contributed by atoms with Crippen LogP contribution in [0.2, 0.25) is 0 Å². The van der Waals surface area contributed by atoms with Crippen molar-refractivity contribution in [3.63, 3.8) is 0 Å². The number of hydrogen-bond acceptors (Lipinski definition) is 6. The first kappa shape index (κ1) is 9.46. The Morgan fingerprint density at radius 3 is 2.95 bits per heavy atom. The zero-order valence-electron chi connectivity index (χ0n) is 14.9. The fourth-order valence-corrected chi connectivity index (χ4v) is 5.65. The van der Waals surface area contributed by atoms with Crippen LogP contribution in [-0.4, -0.2) is 28.6 Å². The highest BCUT2D eigenvalue weighted by atomic mass is 32.3. The minimum atomic E-state index is -4.71. The lowest BCUT2D eigenvalue weighted by Gasteiger charge is -2.27. The number of rotatable bonds is 3. The molecule has 2 rings (SSSR count). The van der Waals surface area contributed by atoms with Crippen LogP contribution in [0.25, 0.3) is 0 Å². The van der Waals surface area contributed by atoms with Crippen molar-refractivity contribution in [1.29, 1.82) is 0 Å². The van der Waals surface area contributed by atoms with E-state index in [-0.39, 0.29) is 16.9 Å². The molecule has 2 heterocycles. The molecule has 108 valence electrons. The molecule has 6 nitrogen and oxygen atoms in total. The van der Waals surface area contributed by atoms with Crippen LogP contribution in [0.4, 0.5) is 0 Å². The van der Waals surface area contributed by atoms with Crippen molar-refractivity contribution in [2.24, 2.45) is 5.14 Å². The Morgan fingerprint density at radius 2 is 2.42 bits per heavy atom. The highest BCUT2D eigenvalue weighted by Gasteiger charge is 2.39. The molecule has 1 aromatic heterocycles. The van der Waals surface area contributed by atoms with Gasteiger partial charge in [0.1, 0.15) is 8.42 Å². The molecule has 0 aromatic carbocycles. The fraction of sp³-hybridized carbons (Fsp3) is 0.600. The molecule has 2 atom stereocenters. The molecule has 1 aromatic rings. The van der Waals surface area contributed by atoms with E-state index in [9.17, 15) is 16.8 Å². The summed E-state index contributed by atoms with van der Waals surface area (Å²) in [6.07, 6.45) is -0.626. The molecular formula is C10H16N2O4S3. The van der Waals surface area contributed by atoms with Gasteiger partial charge in [0.25, 0.3) is 0 Å². The Hall–Kier alpha value is -0.480. The first-order valence-electron chi connectivity index (χ1n) is 7.82. The lowest BCUT2D eigenvalue weighted by molar-refractivity contribution is 0.477. The van der Waals surface area contributed by atoms with Crippen LogP contribution >= 0.6 is 11.3 Å². The molecule has 0 amide bonds. The molecule has 0 saturated heterocycles. The predicted octanol–water partition coefficient (Wildman–Crippen LogP) is 0.612. The lowest BCUT2D eigenvalue weighted by atomic mass is 10.1. The van der Waals surface area contributed by atoms with E-state index >= 15 is 0 Å². The molecule has 0 unspecified atom stereocenters. The van der Waals surface area contributed by atoms with Gasteiger partial charge in [-0.2, -0.15) is 0 Å². The van der Waals surface area contributed by atoms with E-state index in [0.717, 1.165) is 0 Å². The zero-order chi connectivity index (χ0) is 18.7. The summed E-state index contributed by atoms with van der Waals surface area (Å²) < 4.78 is 85.9. The van der Waals surface area contributed by atoms with E-state index in [1.165, 1.54) is 0 Å². The van der Waals surface area contributed by atoms with Gasteiger partial charge in [0.15, 0.2) is 9.84 Å². The van der Waals surface area contributed by atoms with Gasteiger partial charge < -0.3 is 5.32 Å². The maximum absolute atomic E-state index is 12.7. The van der Waals surface area contributed by atoms with Gasteiger partial charge in [-0.05, 0) is 25.9 Å². The van der Waals surface area contributed by atoms with Gasteiger partial charge in [0.05, 0.1) is 6.60 Å². The Labute approximate surface area is 124 Å². The number of hydrogen-bond donors (Lipinski definition) is 2. The molecule has 0 radical (unpaired) electrons. The molecule has 0 spiro atoms. The van der Waals surface area contributed by atoms with E-state index in [4.69, 9.17) is 12.0 Å². The summed E-state index contributed by atoms with van der Waals surface area (Å²) in [7, 11) is -9.06. The summed E-state index contributed by atoms with van der Waals surface area (Å²) in [6, 6.07) is -1.52. The molecule has 0 fully saturated rings. The maximum Gasteiger partial charge on any atom is 0.247 e. The number of thiophene rings is 1. The predicted molar refractivity (Wildman–Crippen MR) is 73.4 cm³/mol. The van der Waals surface area contributed by atoms with Crippen molar-refractivity contribution >= 4 is 31.2 Å². The average Bonchev–Trinajstić information content (AvgIpc) is 2.74. The second-order valence-corrected chi connectivity index (χ2v) is 8.95. The van der Waals surface area contributed by atoms with Crippen LogP contribution in [-0.2, 0) is 19.9 Å². The molecule has 0 saturated carbocycles. The number of primary sulfonamides is 1. The normalized spacial score (nSPS) is 34.4. The molecule has 19 heavy (non-hydrogen) atoms. The topological polar surface area (TPSA) is 106 Å². The number of sulfonamides is 1. The molecule has 1 aliphatic rings. The van der Waals surface area contributed by atoms with Crippen LogP contribution in [0.15, 0.2) is 14.5 Å². The summed E-state index contributed by atoms with van der Waals surface area (Å²) in [5.41, 5.74) is -0.141. The number of nitrogens with one attached hydrogen (secondary N) is 1. The third kappa shape index (κ3) is 2.57. The van der Waals surface area contributed by atoms with Gasteiger partial charge in [-0.15, -0.1) is 11.3 Å². The van der Waals surface area contributed by atoms with Crippen molar-refractivity contribution in [2.75, 3.05) is 6.54 Å². The van der Waals surface area contributed by atoms with E-state index in [2.05, 4.69) is 5.32 Å². The van der Waals surface area contributed by atoms with Crippen molar-refractivity contribution in [3.05, 3.63) is 11.6 Å². The summed E-state index contributed by atoms with van der Waals surface area (Å²) in [4.78, 5) is 0. The first-order chi connectivity index (χ1) is 10.7. The van der Waals surface area contributed by atoms with Gasteiger partial charge in [0, 0.05) is 17.1 Å². The van der Waals surface area contributed by atoms with Crippen molar-refractivity contribution in [1.82, 2.24) is 5.32 Å². The van der Waals surface area contributed by atoms with Crippen LogP contribution in [0.3, 0.4) is 0 Å². The minimum absolute atomic E-state index is 0.141. The molecule has 0 bridgehead atoms. The number of sulfone groups is 1. The van der Waals surface area contributed by atoms with Gasteiger partial charge in [-0.3, -0.25) is 0 Å². The van der Waals surface area contributed by atoms with Crippen molar-refractivity contribution in [3.8, 4) is 0 Å². The van der Waals surface area contributed by atoms with Crippen LogP contribution in [0.5, 0.6) is 0 Å². The van der Waals surface area contributed by atoms with Gasteiger partial charge >= 0.3 is 0 Å². The third-order valence-electron chi connectivity index (χ3n) is 2.66. The monoisotopic (exact) mass is 329 g/mol. The Morgan fingerprint density at radius 1 is 1.74 bits per heavy atom. The third-order valence-corrected chi connectivity index (χ3v) is 7.35. The maximum atomic E-state index is 12.7. The zero-order valence-corrected chi connectivity index (χ0v) is 12.4. The molecule has 0 aliphatic carbocycles. The summed E-state index contributed by atoms with van der Waals surface area (Å²) in [5.74, 6) is 0. The highest BCUT2D eigenvalue weighted by Crippen LogP contribution is 2.42. The summed E-state index contributed by atoms with van der Waals surface area (Å²) >= 11 is 0.225. The highest BCUT2D eigenvalue weighted by molar-refractivity contribution is 7.95. The van der Waals surface area contributed by atoms with E-state index < -0.39 is 58.9 Å². The quantitative estimate of drug-likeness (QED) is 0.845. The second-order valence-electron chi connectivity index (χ2n) is 4.00. The second kappa shape index (κ2) is 4.81. The van der Waals surface area contributed by atoms with E-state index in [1.54, 1.807) is 6.92 Å². The summed E-state index contributed by atoms with van der Waals surface area (Å²) in [6.45, 7) is -1.16. The number of nitrogens with two attached hydrogens (primary N) is 1. The van der Waals surface area contributed by atoms with Crippen molar-refractivity contribution in [2.45, 2.75) is 39.9 Å². The summed E-state index contributed by atoms with van der Waals surface area (Å²) in [5, 5.41) is 5.01. The van der Waals surface area contributed by atoms with Gasteiger partial charge in [-0.1, -0.05) is 6.92 Å². The number of fused-ring (bicyclic) bond motifs is 1. The van der Waals surface area contributed by atoms with Crippen molar-refractivity contribution < 1.29 is 23.7 Å². The first-order valence-corrected chi connectivity index (χ1v) is 9.17. The van der Waals surface area contributed by atoms with Crippen LogP contribution in [0.1, 0.15) is 38.7 Å².